The molecule has 4 heteroatoms. The maximum atomic E-state index is 11.9. The third-order valence-corrected chi connectivity index (χ3v) is 2.45. The lowest BCUT2D eigenvalue weighted by Crippen LogP contribution is -2.30. The number of benzene rings is 1. The van der Waals surface area contributed by atoms with Crippen LogP contribution in [0.25, 0.3) is 0 Å². The molecule has 0 aliphatic rings. The standard InChI is InChI=1S/C13H19NO3/c1-11-3-5-12(6-4-11)13(16)14(2)7-9-17-10-8-15/h3-6,15H,7-10H2,1-2H3. The Labute approximate surface area is 102 Å². The Hall–Kier alpha value is -1.39. The van der Waals surface area contributed by atoms with Crippen molar-refractivity contribution in [3.05, 3.63) is 35.4 Å². The van der Waals surface area contributed by atoms with Gasteiger partial charge in [-0.05, 0) is 19.1 Å². The lowest BCUT2D eigenvalue weighted by Gasteiger charge is -2.17. The maximum Gasteiger partial charge on any atom is 0.253 e. The van der Waals surface area contributed by atoms with Gasteiger partial charge in [0.25, 0.3) is 5.91 Å². The molecule has 4 nitrogen and oxygen atoms in total. The van der Waals surface area contributed by atoms with Crippen LogP contribution in [0.1, 0.15) is 15.9 Å². The molecule has 0 atom stereocenters. The van der Waals surface area contributed by atoms with E-state index in [1.54, 1.807) is 11.9 Å². The van der Waals surface area contributed by atoms with E-state index in [2.05, 4.69) is 0 Å². The number of hydrogen-bond donors (Lipinski definition) is 1. The zero-order valence-electron chi connectivity index (χ0n) is 10.3. The third kappa shape index (κ3) is 4.54. The normalized spacial score (nSPS) is 10.3. The van der Waals surface area contributed by atoms with Crippen LogP contribution in [0, 0.1) is 6.92 Å². The van der Waals surface area contributed by atoms with Gasteiger partial charge in [-0.3, -0.25) is 4.79 Å². The molecule has 0 unspecified atom stereocenters. The van der Waals surface area contributed by atoms with Crippen molar-refractivity contribution in [2.45, 2.75) is 6.92 Å². The van der Waals surface area contributed by atoms with Crippen LogP contribution in [-0.2, 0) is 4.74 Å². The number of ether oxygens (including phenoxy) is 1. The molecule has 0 saturated carbocycles. The Morgan fingerprint density at radius 2 is 1.94 bits per heavy atom. The first kappa shape index (κ1) is 13.7. The van der Waals surface area contributed by atoms with Gasteiger partial charge in [0.15, 0.2) is 0 Å². The first-order valence-corrected chi connectivity index (χ1v) is 5.66. The minimum absolute atomic E-state index is 0.00955. The van der Waals surface area contributed by atoms with Crippen molar-refractivity contribution in [2.24, 2.45) is 0 Å². The van der Waals surface area contributed by atoms with Crippen LogP contribution >= 0.6 is 0 Å². The number of hydrogen-bond acceptors (Lipinski definition) is 3. The molecule has 0 aliphatic heterocycles. The molecular formula is C13H19NO3. The summed E-state index contributed by atoms with van der Waals surface area (Å²) in [4.78, 5) is 13.6. The minimum atomic E-state index is -0.0161. The number of amides is 1. The second-order valence-corrected chi connectivity index (χ2v) is 3.93. The summed E-state index contributed by atoms with van der Waals surface area (Å²) in [5, 5.41) is 8.54. The first-order valence-electron chi connectivity index (χ1n) is 5.66. The number of carbonyl (C=O) groups excluding carboxylic acids is 1. The van der Waals surface area contributed by atoms with Crippen molar-refractivity contribution in [3.8, 4) is 0 Å². The quantitative estimate of drug-likeness (QED) is 0.753. The van der Waals surface area contributed by atoms with Crippen LogP contribution in [0.5, 0.6) is 0 Å². The molecule has 1 aromatic rings. The van der Waals surface area contributed by atoms with E-state index in [9.17, 15) is 4.79 Å². The van der Waals surface area contributed by atoms with Gasteiger partial charge in [0.05, 0.1) is 19.8 Å². The summed E-state index contributed by atoms with van der Waals surface area (Å²) in [6.45, 7) is 3.27. The number of likely N-dealkylation sites (N-methyl/N-ethyl adjacent to an activating group) is 1. The summed E-state index contributed by atoms with van der Waals surface area (Å²) in [6.07, 6.45) is 0. The maximum absolute atomic E-state index is 11.9. The Balaban J connectivity index is 2.43. The Morgan fingerprint density at radius 3 is 2.53 bits per heavy atom. The van der Waals surface area contributed by atoms with Gasteiger partial charge in [-0.2, -0.15) is 0 Å². The molecule has 1 aromatic carbocycles. The lowest BCUT2D eigenvalue weighted by atomic mass is 10.1. The fourth-order valence-corrected chi connectivity index (χ4v) is 1.39. The number of aryl methyl sites for hydroxylation is 1. The molecular weight excluding hydrogens is 218 g/mol. The van der Waals surface area contributed by atoms with E-state index < -0.39 is 0 Å². The Kier molecular flexibility index (Phi) is 5.66. The molecule has 94 valence electrons. The van der Waals surface area contributed by atoms with Crippen molar-refractivity contribution < 1.29 is 14.6 Å². The van der Waals surface area contributed by atoms with Gasteiger partial charge in [-0.25, -0.2) is 0 Å². The number of aliphatic hydroxyl groups is 1. The van der Waals surface area contributed by atoms with E-state index in [1.807, 2.05) is 31.2 Å². The summed E-state index contributed by atoms with van der Waals surface area (Å²) >= 11 is 0. The average Bonchev–Trinajstić information content (AvgIpc) is 2.34. The second-order valence-electron chi connectivity index (χ2n) is 3.93. The minimum Gasteiger partial charge on any atom is -0.394 e. The molecule has 0 aliphatic carbocycles. The summed E-state index contributed by atoms with van der Waals surface area (Å²) in [6, 6.07) is 7.48. The fourth-order valence-electron chi connectivity index (χ4n) is 1.39. The summed E-state index contributed by atoms with van der Waals surface area (Å²) < 4.78 is 5.11. The fraction of sp³-hybridized carbons (Fsp3) is 0.462. The van der Waals surface area contributed by atoms with Crippen LogP contribution in [0.15, 0.2) is 24.3 Å². The molecule has 0 fully saturated rings. The number of carbonyl (C=O) groups is 1. The Bertz CT molecular complexity index is 348. The largest absolute Gasteiger partial charge is 0.394 e. The van der Waals surface area contributed by atoms with Crippen molar-refractivity contribution >= 4 is 5.91 Å². The second kappa shape index (κ2) is 7.04. The van der Waals surface area contributed by atoms with Crippen LogP contribution in [0.4, 0.5) is 0 Å². The van der Waals surface area contributed by atoms with Crippen LogP contribution < -0.4 is 0 Å². The highest BCUT2D eigenvalue weighted by atomic mass is 16.5. The molecule has 0 bridgehead atoms. The van der Waals surface area contributed by atoms with E-state index in [0.717, 1.165) is 5.56 Å². The summed E-state index contributed by atoms with van der Waals surface area (Å²) in [5.41, 5.74) is 1.82. The number of nitrogens with zero attached hydrogens (tertiary/aromatic N) is 1. The van der Waals surface area contributed by atoms with Gasteiger partial charge in [-0.15, -0.1) is 0 Å². The molecule has 0 radical (unpaired) electrons. The van der Waals surface area contributed by atoms with E-state index in [4.69, 9.17) is 9.84 Å². The number of aliphatic hydroxyl groups excluding tert-OH is 1. The van der Waals surface area contributed by atoms with Crippen LogP contribution in [-0.4, -0.2) is 49.3 Å². The monoisotopic (exact) mass is 237 g/mol. The van der Waals surface area contributed by atoms with Crippen molar-refractivity contribution in [1.82, 2.24) is 4.90 Å². The van der Waals surface area contributed by atoms with Gasteiger partial charge in [0.2, 0.25) is 0 Å². The highest BCUT2D eigenvalue weighted by molar-refractivity contribution is 5.94. The predicted octanol–water partition coefficient (Wildman–Crippen LogP) is 1.08. The predicted molar refractivity (Wildman–Crippen MR) is 66.0 cm³/mol. The summed E-state index contributed by atoms with van der Waals surface area (Å²) in [5.74, 6) is -0.0161. The average molecular weight is 237 g/mol. The van der Waals surface area contributed by atoms with Crippen molar-refractivity contribution in [2.75, 3.05) is 33.4 Å². The third-order valence-electron chi connectivity index (χ3n) is 2.45. The van der Waals surface area contributed by atoms with Gasteiger partial charge in [-0.1, -0.05) is 17.7 Å². The molecule has 17 heavy (non-hydrogen) atoms. The smallest absolute Gasteiger partial charge is 0.253 e. The zero-order valence-corrected chi connectivity index (χ0v) is 10.3. The highest BCUT2D eigenvalue weighted by Crippen LogP contribution is 2.05. The first-order chi connectivity index (χ1) is 8.15. The zero-order chi connectivity index (χ0) is 12.7. The van der Waals surface area contributed by atoms with E-state index in [0.29, 0.717) is 25.3 Å². The van der Waals surface area contributed by atoms with Gasteiger partial charge >= 0.3 is 0 Å². The van der Waals surface area contributed by atoms with E-state index >= 15 is 0 Å². The van der Waals surface area contributed by atoms with Gasteiger partial charge in [0.1, 0.15) is 0 Å². The van der Waals surface area contributed by atoms with E-state index in [-0.39, 0.29) is 12.5 Å². The topological polar surface area (TPSA) is 49.8 Å². The molecule has 0 spiro atoms. The molecule has 0 heterocycles. The SMILES string of the molecule is Cc1ccc(C(=O)N(C)CCOCCO)cc1. The van der Waals surface area contributed by atoms with Crippen LogP contribution in [0.2, 0.25) is 0 Å². The highest BCUT2D eigenvalue weighted by Gasteiger charge is 2.10. The molecule has 1 rings (SSSR count). The molecule has 0 saturated heterocycles. The summed E-state index contributed by atoms with van der Waals surface area (Å²) in [7, 11) is 1.74. The van der Waals surface area contributed by atoms with Crippen molar-refractivity contribution in [3.63, 3.8) is 0 Å². The van der Waals surface area contributed by atoms with Gasteiger partial charge < -0.3 is 14.7 Å². The van der Waals surface area contributed by atoms with Crippen LogP contribution in [0.3, 0.4) is 0 Å². The molecule has 1 N–H and O–H groups in total. The number of rotatable bonds is 6. The molecule has 1 amide bonds. The molecule has 0 aromatic heterocycles. The lowest BCUT2D eigenvalue weighted by molar-refractivity contribution is 0.0618. The van der Waals surface area contributed by atoms with E-state index in [1.165, 1.54) is 0 Å². The van der Waals surface area contributed by atoms with Crippen molar-refractivity contribution in [1.29, 1.82) is 0 Å². The van der Waals surface area contributed by atoms with Gasteiger partial charge in [0, 0.05) is 19.2 Å². The Morgan fingerprint density at radius 1 is 1.29 bits per heavy atom.